The number of anilines is 2. The van der Waals surface area contributed by atoms with E-state index in [0.717, 1.165) is 5.69 Å². The molecule has 0 bridgehead atoms. The van der Waals surface area contributed by atoms with Crippen molar-refractivity contribution in [2.75, 3.05) is 37.9 Å². The van der Waals surface area contributed by atoms with Crippen LogP contribution in [0.15, 0.2) is 18.2 Å². The molecule has 0 radical (unpaired) electrons. The van der Waals surface area contributed by atoms with Crippen LogP contribution in [-0.4, -0.2) is 32.7 Å². The zero-order valence-electron chi connectivity index (χ0n) is 10.3. The topological polar surface area (TPSA) is 76.4 Å². The molecule has 1 aromatic rings. The third-order valence-electron chi connectivity index (χ3n) is 2.29. The summed E-state index contributed by atoms with van der Waals surface area (Å²) < 4.78 is 4.83. The van der Waals surface area contributed by atoms with E-state index in [1.165, 1.54) is 0 Å². The molecule has 0 fully saturated rings. The molecular formula is C12H18ClN3O2. The van der Waals surface area contributed by atoms with E-state index >= 15 is 0 Å². The van der Waals surface area contributed by atoms with E-state index < -0.39 is 0 Å². The molecule has 0 heterocycles. The Labute approximate surface area is 112 Å². The van der Waals surface area contributed by atoms with Crippen molar-refractivity contribution in [2.24, 2.45) is 0 Å². The molecule has 100 valence electrons. The second-order valence-corrected chi connectivity index (χ2v) is 4.17. The Kier molecular flexibility index (Phi) is 6.32. The fourth-order valence-corrected chi connectivity index (χ4v) is 1.62. The Hall–Kier alpha value is -1.46. The summed E-state index contributed by atoms with van der Waals surface area (Å²) in [7, 11) is 1.59. The SMILES string of the molecule is COCCNC(=O)CCNc1ccc(N)cc1Cl. The number of nitrogen functional groups attached to an aromatic ring is 1. The van der Waals surface area contributed by atoms with E-state index in [1.807, 2.05) is 0 Å². The van der Waals surface area contributed by atoms with E-state index in [4.69, 9.17) is 22.1 Å². The quantitative estimate of drug-likeness (QED) is 0.519. The minimum absolute atomic E-state index is 0.0221. The van der Waals surface area contributed by atoms with E-state index in [2.05, 4.69) is 10.6 Å². The fraction of sp³-hybridized carbons (Fsp3) is 0.417. The number of ether oxygens (including phenoxy) is 1. The smallest absolute Gasteiger partial charge is 0.221 e. The minimum atomic E-state index is -0.0221. The molecule has 0 unspecified atom stereocenters. The van der Waals surface area contributed by atoms with Crippen molar-refractivity contribution in [3.8, 4) is 0 Å². The van der Waals surface area contributed by atoms with Crippen LogP contribution in [-0.2, 0) is 9.53 Å². The molecule has 1 aromatic carbocycles. The van der Waals surface area contributed by atoms with Gasteiger partial charge >= 0.3 is 0 Å². The number of benzene rings is 1. The van der Waals surface area contributed by atoms with Crippen LogP contribution in [0.2, 0.25) is 5.02 Å². The summed E-state index contributed by atoms with van der Waals surface area (Å²) in [6, 6.07) is 5.22. The van der Waals surface area contributed by atoms with Gasteiger partial charge in [0.25, 0.3) is 0 Å². The predicted octanol–water partition coefficient (Wildman–Crippen LogP) is 1.49. The minimum Gasteiger partial charge on any atom is -0.399 e. The third-order valence-corrected chi connectivity index (χ3v) is 2.60. The average molecular weight is 272 g/mol. The highest BCUT2D eigenvalue weighted by Gasteiger charge is 2.02. The lowest BCUT2D eigenvalue weighted by molar-refractivity contribution is -0.121. The molecule has 0 aliphatic heterocycles. The zero-order valence-corrected chi connectivity index (χ0v) is 11.1. The lowest BCUT2D eigenvalue weighted by Crippen LogP contribution is -2.28. The lowest BCUT2D eigenvalue weighted by atomic mass is 10.2. The molecule has 1 amide bonds. The van der Waals surface area contributed by atoms with Gasteiger partial charge in [0.1, 0.15) is 0 Å². The summed E-state index contributed by atoms with van der Waals surface area (Å²) in [6.07, 6.45) is 0.379. The molecule has 0 aliphatic carbocycles. The molecule has 4 N–H and O–H groups in total. The largest absolute Gasteiger partial charge is 0.399 e. The van der Waals surface area contributed by atoms with Gasteiger partial charge < -0.3 is 21.1 Å². The van der Waals surface area contributed by atoms with Gasteiger partial charge in [-0.3, -0.25) is 4.79 Å². The van der Waals surface area contributed by atoms with Crippen molar-refractivity contribution in [3.63, 3.8) is 0 Å². The normalized spacial score (nSPS) is 10.1. The summed E-state index contributed by atoms with van der Waals surface area (Å²) in [5, 5.41) is 6.37. The second kappa shape index (κ2) is 7.79. The molecule has 1 rings (SSSR count). The first-order valence-corrected chi connectivity index (χ1v) is 6.06. The number of rotatable bonds is 7. The van der Waals surface area contributed by atoms with Crippen molar-refractivity contribution in [1.29, 1.82) is 0 Å². The van der Waals surface area contributed by atoms with Crippen LogP contribution in [0.4, 0.5) is 11.4 Å². The van der Waals surface area contributed by atoms with Gasteiger partial charge in [0, 0.05) is 32.3 Å². The van der Waals surface area contributed by atoms with Gasteiger partial charge in [0.05, 0.1) is 17.3 Å². The standard InChI is InChI=1S/C12H18ClN3O2/c1-18-7-6-16-12(17)4-5-15-11-3-2-9(14)8-10(11)13/h2-3,8,15H,4-7,14H2,1H3,(H,16,17). The Morgan fingerprint density at radius 1 is 1.44 bits per heavy atom. The lowest BCUT2D eigenvalue weighted by Gasteiger charge is -2.09. The number of methoxy groups -OCH3 is 1. The summed E-state index contributed by atoms with van der Waals surface area (Å²) in [4.78, 5) is 11.4. The van der Waals surface area contributed by atoms with E-state index in [0.29, 0.717) is 36.8 Å². The molecule has 0 saturated carbocycles. The van der Waals surface area contributed by atoms with Crippen LogP contribution >= 0.6 is 11.6 Å². The van der Waals surface area contributed by atoms with Gasteiger partial charge in [-0.05, 0) is 18.2 Å². The van der Waals surface area contributed by atoms with Gasteiger partial charge in [-0.25, -0.2) is 0 Å². The van der Waals surface area contributed by atoms with Gasteiger partial charge in [0.15, 0.2) is 0 Å². The highest BCUT2D eigenvalue weighted by atomic mass is 35.5. The summed E-state index contributed by atoms with van der Waals surface area (Å²) in [5.74, 6) is -0.0221. The van der Waals surface area contributed by atoms with E-state index in [1.54, 1.807) is 25.3 Å². The van der Waals surface area contributed by atoms with Gasteiger partial charge in [-0.2, -0.15) is 0 Å². The predicted molar refractivity (Wildman–Crippen MR) is 73.9 cm³/mol. The number of carbonyl (C=O) groups is 1. The Balaban J connectivity index is 2.26. The van der Waals surface area contributed by atoms with Crippen molar-refractivity contribution in [1.82, 2.24) is 5.32 Å². The Morgan fingerprint density at radius 3 is 2.89 bits per heavy atom. The molecule has 5 nitrogen and oxygen atoms in total. The molecule has 0 atom stereocenters. The molecule has 0 aromatic heterocycles. The van der Waals surface area contributed by atoms with Crippen LogP contribution in [0.5, 0.6) is 0 Å². The molecule has 0 saturated heterocycles. The number of nitrogens with two attached hydrogens (primary N) is 1. The van der Waals surface area contributed by atoms with Crippen molar-refractivity contribution in [2.45, 2.75) is 6.42 Å². The molecule has 18 heavy (non-hydrogen) atoms. The molecule has 0 spiro atoms. The monoisotopic (exact) mass is 271 g/mol. The average Bonchev–Trinajstić information content (AvgIpc) is 2.32. The summed E-state index contributed by atoms with van der Waals surface area (Å²) in [6.45, 7) is 1.56. The van der Waals surface area contributed by atoms with Crippen LogP contribution in [0.1, 0.15) is 6.42 Å². The number of hydrogen-bond donors (Lipinski definition) is 3. The van der Waals surface area contributed by atoms with Crippen LogP contribution in [0.3, 0.4) is 0 Å². The van der Waals surface area contributed by atoms with Crippen LogP contribution in [0.25, 0.3) is 0 Å². The third kappa shape index (κ3) is 5.25. The van der Waals surface area contributed by atoms with Gasteiger partial charge in [-0.15, -0.1) is 0 Å². The summed E-state index contributed by atoms with van der Waals surface area (Å²) in [5.41, 5.74) is 6.97. The van der Waals surface area contributed by atoms with Crippen LogP contribution < -0.4 is 16.4 Å². The maximum absolute atomic E-state index is 11.4. The fourth-order valence-electron chi connectivity index (χ4n) is 1.37. The number of nitrogens with one attached hydrogen (secondary N) is 2. The van der Waals surface area contributed by atoms with E-state index in [-0.39, 0.29) is 5.91 Å². The first-order valence-electron chi connectivity index (χ1n) is 5.68. The second-order valence-electron chi connectivity index (χ2n) is 3.76. The van der Waals surface area contributed by atoms with E-state index in [9.17, 15) is 4.79 Å². The summed E-state index contributed by atoms with van der Waals surface area (Å²) >= 11 is 5.99. The number of amides is 1. The maximum Gasteiger partial charge on any atom is 0.221 e. The number of halogens is 1. The van der Waals surface area contributed by atoms with Crippen molar-refractivity contribution in [3.05, 3.63) is 23.2 Å². The number of hydrogen-bond acceptors (Lipinski definition) is 4. The molecule has 0 aliphatic rings. The highest BCUT2D eigenvalue weighted by molar-refractivity contribution is 6.33. The Morgan fingerprint density at radius 2 is 2.22 bits per heavy atom. The first-order chi connectivity index (χ1) is 8.63. The first kappa shape index (κ1) is 14.6. The van der Waals surface area contributed by atoms with Crippen molar-refractivity contribution >= 4 is 28.9 Å². The maximum atomic E-state index is 11.4. The number of carbonyl (C=O) groups excluding carboxylic acids is 1. The molecule has 6 heteroatoms. The van der Waals surface area contributed by atoms with Crippen LogP contribution in [0, 0.1) is 0 Å². The highest BCUT2D eigenvalue weighted by Crippen LogP contribution is 2.23. The van der Waals surface area contributed by atoms with Gasteiger partial charge in [-0.1, -0.05) is 11.6 Å². The Bertz CT molecular complexity index is 399. The molecular weight excluding hydrogens is 254 g/mol. The zero-order chi connectivity index (χ0) is 13.4. The van der Waals surface area contributed by atoms with Crippen molar-refractivity contribution < 1.29 is 9.53 Å². The van der Waals surface area contributed by atoms with Gasteiger partial charge in [0.2, 0.25) is 5.91 Å².